The Balaban J connectivity index is 1.86. The van der Waals surface area contributed by atoms with Crippen LogP contribution in [0.15, 0.2) is 11.6 Å². The molecule has 3 heteroatoms. The maximum absolute atomic E-state index is 11.9. The lowest BCUT2D eigenvalue weighted by molar-refractivity contribution is -0.277. The molecule has 2 atom stereocenters. The largest absolute Gasteiger partial charge is 0.347 e. The molecule has 98 valence electrons. The van der Waals surface area contributed by atoms with E-state index >= 15 is 0 Å². The molecule has 3 aliphatic carbocycles. The van der Waals surface area contributed by atoms with Gasteiger partial charge in [-0.1, -0.05) is 12.5 Å². The molecule has 0 amide bonds. The smallest absolute Gasteiger partial charge is 0.174 e. The van der Waals surface area contributed by atoms with E-state index in [0.717, 1.165) is 32.1 Å². The lowest BCUT2D eigenvalue weighted by Crippen LogP contribution is -2.57. The van der Waals surface area contributed by atoms with Gasteiger partial charge in [0.25, 0.3) is 0 Å². The van der Waals surface area contributed by atoms with E-state index in [4.69, 9.17) is 9.47 Å². The second-order valence-corrected chi connectivity index (χ2v) is 6.53. The molecular weight excluding hydrogens is 228 g/mol. The summed E-state index contributed by atoms with van der Waals surface area (Å²) in [7, 11) is 0. The van der Waals surface area contributed by atoms with E-state index in [1.54, 1.807) is 0 Å². The molecule has 0 radical (unpaired) electrons. The van der Waals surface area contributed by atoms with Crippen LogP contribution in [0.1, 0.15) is 45.4 Å². The molecule has 0 aromatic rings. The maximum atomic E-state index is 11.9. The van der Waals surface area contributed by atoms with Gasteiger partial charge in [-0.15, -0.1) is 0 Å². The fraction of sp³-hybridized carbons (Fsp3) is 0.800. The zero-order valence-corrected chi connectivity index (χ0v) is 11.0. The molecule has 3 fully saturated rings. The Morgan fingerprint density at radius 2 is 1.94 bits per heavy atom. The molecule has 2 saturated carbocycles. The highest BCUT2D eigenvalue weighted by Crippen LogP contribution is 2.71. The molecule has 3 nitrogen and oxygen atoms in total. The first-order valence-electron chi connectivity index (χ1n) is 7.14. The van der Waals surface area contributed by atoms with Gasteiger partial charge < -0.3 is 9.47 Å². The molecular formula is C15H20O3. The highest BCUT2D eigenvalue weighted by molar-refractivity contribution is 5.95. The van der Waals surface area contributed by atoms with Crippen molar-refractivity contribution in [3.05, 3.63) is 11.6 Å². The summed E-state index contributed by atoms with van der Waals surface area (Å²) in [4.78, 5) is 11.9. The first-order chi connectivity index (χ1) is 8.62. The topological polar surface area (TPSA) is 35.5 Å². The van der Waals surface area contributed by atoms with Crippen molar-refractivity contribution in [3.63, 3.8) is 0 Å². The molecule has 0 bridgehead atoms. The van der Waals surface area contributed by atoms with Gasteiger partial charge >= 0.3 is 0 Å². The first kappa shape index (κ1) is 11.2. The summed E-state index contributed by atoms with van der Waals surface area (Å²) in [5.41, 5.74) is 1.42. The molecule has 4 rings (SSSR count). The van der Waals surface area contributed by atoms with Crippen LogP contribution in [0.25, 0.3) is 0 Å². The Kier molecular flexibility index (Phi) is 2.02. The van der Waals surface area contributed by atoms with E-state index in [1.807, 2.05) is 6.08 Å². The van der Waals surface area contributed by atoms with E-state index in [-0.39, 0.29) is 10.8 Å². The van der Waals surface area contributed by atoms with Crippen LogP contribution in [0, 0.1) is 10.8 Å². The van der Waals surface area contributed by atoms with Crippen LogP contribution in [0.5, 0.6) is 0 Å². The van der Waals surface area contributed by atoms with Crippen LogP contribution in [0.4, 0.5) is 0 Å². The van der Waals surface area contributed by atoms with Crippen molar-refractivity contribution < 1.29 is 14.3 Å². The third-order valence-corrected chi connectivity index (χ3v) is 6.08. The van der Waals surface area contributed by atoms with Gasteiger partial charge in [0.2, 0.25) is 0 Å². The van der Waals surface area contributed by atoms with Crippen LogP contribution in [-0.4, -0.2) is 24.8 Å². The van der Waals surface area contributed by atoms with Gasteiger partial charge in [-0.3, -0.25) is 4.79 Å². The number of carbonyl (C=O) groups excluding carboxylic acids is 1. The molecule has 0 N–H and O–H groups in total. The van der Waals surface area contributed by atoms with Gasteiger partial charge in [-0.2, -0.15) is 0 Å². The predicted octanol–water partition coefficient (Wildman–Crippen LogP) is 2.60. The van der Waals surface area contributed by atoms with Crippen LogP contribution >= 0.6 is 0 Å². The third kappa shape index (κ3) is 1.03. The summed E-state index contributed by atoms with van der Waals surface area (Å²) in [6.45, 7) is 3.72. The average Bonchev–Trinajstić information content (AvgIpc) is 2.97. The van der Waals surface area contributed by atoms with Gasteiger partial charge in [0.05, 0.1) is 13.2 Å². The monoisotopic (exact) mass is 248 g/mol. The molecule has 0 unspecified atom stereocenters. The number of fused-ring (bicyclic) bond motifs is 1. The number of rotatable bonds is 0. The number of ketones is 1. The molecule has 2 spiro atoms. The van der Waals surface area contributed by atoms with Gasteiger partial charge in [0, 0.05) is 23.7 Å². The number of ether oxygens (including phenoxy) is 2. The van der Waals surface area contributed by atoms with Crippen molar-refractivity contribution in [2.24, 2.45) is 10.8 Å². The van der Waals surface area contributed by atoms with Crippen molar-refractivity contribution in [1.29, 1.82) is 0 Å². The van der Waals surface area contributed by atoms with E-state index < -0.39 is 5.79 Å². The minimum Gasteiger partial charge on any atom is -0.347 e. The van der Waals surface area contributed by atoms with Gasteiger partial charge in [0.1, 0.15) is 0 Å². The van der Waals surface area contributed by atoms with Gasteiger partial charge in [0.15, 0.2) is 11.6 Å². The molecule has 0 aromatic heterocycles. The van der Waals surface area contributed by atoms with Crippen molar-refractivity contribution >= 4 is 5.78 Å². The summed E-state index contributed by atoms with van der Waals surface area (Å²) in [6.07, 6.45) is 8.00. The molecule has 0 aromatic carbocycles. The normalized spacial score (nSPS) is 45.2. The third-order valence-electron chi connectivity index (χ3n) is 6.08. The van der Waals surface area contributed by atoms with Crippen LogP contribution in [0.3, 0.4) is 0 Å². The van der Waals surface area contributed by atoms with Crippen molar-refractivity contribution in [2.75, 3.05) is 13.2 Å². The van der Waals surface area contributed by atoms with E-state index in [1.165, 1.54) is 5.57 Å². The Morgan fingerprint density at radius 1 is 1.17 bits per heavy atom. The fourth-order valence-corrected chi connectivity index (χ4v) is 5.18. The maximum Gasteiger partial charge on any atom is 0.174 e. The van der Waals surface area contributed by atoms with Crippen LogP contribution in [-0.2, 0) is 14.3 Å². The van der Waals surface area contributed by atoms with Crippen molar-refractivity contribution in [2.45, 2.75) is 51.2 Å². The Bertz CT molecular complexity index is 447. The number of hydrogen-bond acceptors (Lipinski definition) is 3. The second-order valence-electron chi connectivity index (χ2n) is 6.53. The fourth-order valence-electron chi connectivity index (χ4n) is 5.18. The summed E-state index contributed by atoms with van der Waals surface area (Å²) in [5.74, 6) is -0.100. The molecule has 1 heterocycles. The highest BCUT2D eigenvalue weighted by atomic mass is 16.7. The van der Waals surface area contributed by atoms with Crippen molar-refractivity contribution in [3.8, 4) is 0 Å². The summed E-state index contributed by atoms with van der Waals surface area (Å²) in [5, 5.41) is 0. The van der Waals surface area contributed by atoms with Gasteiger partial charge in [-0.25, -0.2) is 0 Å². The lowest BCUT2D eigenvalue weighted by atomic mass is 9.54. The summed E-state index contributed by atoms with van der Waals surface area (Å²) in [6, 6.07) is 0. The van der Waals surface area contributed by atoms with Gasteiger partial charge in [-0.05, 0) is 31.8 Å². The lowest BCUT2D eigenvalue weighted by Gasteiger charge is -2.55. The second kappa shape index (κ2) is 3.26. The van der Waals surface area contributed by atoms with Crippen LogP contribution < -0.4 is 0 Å². The molecule has 1 aliphatic heterocycles. The Labute approximate surface area is 108 Å². The molecule has 18 heavy (non-hydrogen) atoms. The quantitative estimate of drug-likeness (QED) is 0.661. The number of allylic oxidation sites excluding steroid dienone is 2. The van der Waals surface area contributed by atoms with E-state index in [2.05, 4.69) is 6.92 Å². The SMILES string of the molecule is C[C@]12CCC3=CC(=O)C[C@@]31CCCC21OCCO1. The number of hydrogen-bond donors (Lipinski definition) is 0. The van der Waals surface area contributed by atoms with Crippen molar-refractivity contribution in [1.82, 2.24) is 0 Å². The first-order valence-corrected chi connectivity index (χ1v) is 7.14. The number of carbonyl (C=O) groups is 1. The Morgan fingerprint density at radius 3 is 2.72 bits per heavy atom. The van der Waals surface area contributed by atoms with E-state index in [9.17, 15) is 4.79 Å². The zero-order chi connectivity index (χ0) is 12.4. The minimum absolute atomic E-state index is 0.00720. The minimum atomic E-state index is -0.411. The van der Waals surface area contributed by atoms with Crippen LogP contribution in [0.2, 0.25) is 0 Å². The average molecular weight is 248 g/mol. The zero-order valence-electron chi connectivity index (χ0n) is 11.0. The molecule has 4 aliphatic rings. The Hall–Kier alpha value is -0.670. The molecule has 1 saturated heterocycles. The standard InChI is InChI=1S/C15H20O3/c1-13-6-3-11-9-12(16)10-14(11,13)4-2-5-15(13)17-7-8-18-15/h9H,2-8,10H2,1H3/t13-,14-/m0/s1. The predicted molar refractivity (Wildman–Crippen MR) is 66.0 cm³/mol. The van der Waals surface area contributed by atoms with E-state index in [0.29, 0.717) is 25.4 Å². The summed E-state index contributed by atoms with van der Waals surface area (Å²) >= 11 is 0. The highest BCUT2D eigenvalue weighted by Gasteiger charge is 2.69. The summed E-state index contributed by atoms with van der Waals surface area (Å²) < 4.78 is 12.2.